The average molecular weight is 268 g/mol. The fourth-order valence-corrected chi connectivity index (χ4v) is 1.95. The van der Waals surface area contributed by atoms with Crippen LogP contribution in [0.5, 0.6) is 0 Å². The first-order chi connectivity index (χ1) is 8.74. The molecule has 1 aliphatic rings. The predicted octanol–water partition coefficient (Wildman–Crippen LogP) is 2.03. The molecule has 0 aromatic heterocycles. The van der Waals surface area contributed by atoms with Gasteiger partial charge in [-0.25, -0.2) is 4.79 Å². The highest BCUT2D eigenvalue weighted by atomic mass is 16.6. The molecule has 0 unspecified atom stereocenters. The minimum Gasteiger partial charge on any atom is -0.444 e. The summed E-state index contributed by atoms with van der Waals surface area (Å²) in [4.78, 5) is 27.2. The van der Waals surface area contributed by atoms with Gasteiger partial charge in [-0.2, -0.15) is 0 Å². The molecule has 1 aliphatic heterocycles. The maximum absolute atomic E-state index is 12.0. The third kappa shape index (κ3) is 4.58. The number of nitrogens with zero attached hydrogens (tertiary/aromatic N) is 2. The fourth-order valence-electron chi connectivity index (χ4n) is 1.95. The summed E-state index contributed by atoms with van der Waals surface area (Å²) in [6.07, 6.45) is 2.14. The lowest BCUT2D eigenvalue weighted by atomic mass is 10.1. The first-order valence-corrected chi connectivity index (χ1v) is 6.63. The zero-order chi connectivity index (χ0) is 14.6. The van der Waals surface area contributed by atoms with Crippen molar-refractivity contribution in [3.63, 3.8) is 0 Å². The molecular formula is C14H24N2O3. The Bertz CT molecular complexity index is 360. The van der Waals surface area contributed by atoms with Crippen molar-refractivity contribution in [2.75, 3.05) is 19.6 Å². The predicted molar refractivity (Wildman–Crippen MR) is 73.8 cm³/mol. The summed E-state index contributed by atoms with van der Waals surface area (Å²) in [6.45, 7) is 12.3. The van der Waals surface area contributed by atoms with E-state index in [9.17, 15) is 9.59 Å². The Balaban J connectivity index is 2.62. The lowest BCUT2D eigenvalue weighted by Crippen LogP contribution is -2.57. The van der Waals surface area contributed by atoms with Gasteiger partial charge in [0.25, 0.3) is 0 Å². The Kier molecular flexibility index (Phi) is 4.97. The Hall–Kier alpha value is -1.52. The smallest absolute Gasteiger partial charge is 0.411 e. The van der Waals surface area contributed by atoms with E-state index in [-0.39, 0.29) is 18.5 Å². The van der Waals surface area contributed by atoms with Crippen LogP contribution in [0.1, 0.15) is 34.1 Å². The van der Waals surface area contributed by atoms with Gasteiger partial charge in [-0.05, 0) is 34.1 Å². The highest BCUT2D eigenvalue weighted by molar-refractivity contribution is 5.84. The number of carbonyl (C=O) groups is 2. The third-order valence-corrected chi connectivity index (χ3v) is 2.91. The van der Waals surface area contributed by atoms with Crippen molar-refractivity contribution < 1.29 is 14.3 Å². The summed E-state index contributed by atoms with van der Waals surface area (Å²) in [5.74, 6) is -0.0363. The van der Waals surface area contributed by atoms with E-state index in [2.05, 4.69) is 6.58 Å². The topological polar surface area (TPSA) is 49.9 Å². The van der Waals surface area contributed by atoms with Crippen LogP contribution in [0, 0.1) is 0 Å². The number of amides is 2. The molecule has 1 fully saturated rings. The third-order valence-electron chi connectivity index (χ3n) is 2.91. The molecule has 0 radical (unpaired) electrons. The number of carbonyl (C=O) groups excluding carboxylic acids is 2. The van der Waals surface area contributed by atoms with Gasteiger partial charge in [0.1, 0.15) is 12.1 Å². The van der Waals surface area contributed by atoms with Crippen molar-refractivity contribution in [3.8, 4) is 0 Å². The molecule has 0 aliphatic carbocycles. The van der Waals surface area contributed by atoms with Crippen LogP contribution in [0.15, 0.2) is 12.7 Å². The van der Waals surface area contributed by atoms with Crippen molar-refractivity contribution in [1.82, 2.24) is 9.80 Å². The summed E-state index contributed by atoms with van der Waals surface area (Å²) in [5.41, 5.74) is -0.542. The van der Waals surface area contributed by atoms with Gasteiger partial charge >= 0.3 is 6.09 Å². The first kappa shape index (κ1) is 15.5. The van der Waals surface area contributed by atoms with E-state index in [1.807, 2.05) is 27.7 Å². The first-order valence-electron chi connectivity index (χ1n) is 6.63. The molecule has 0 aromatic carbocycles. The van der Waals surface area contributed by atoms with Gasteiger partial charge in [-0.15, -0.1) is 6.58 Å². The van der Waals surface area contributed by atoms with E-state index in [0.717, 1.165) is 6.42 Å². The van der Waals surface area contributed by atoms with Crippen LogP contribution in [0.3, 0.4) is 0 Å². The second-order valence-electron chi connectivity index (χ2n) is 5.87. The Morgan fingerprint density at radius 3 is 2.68 bits per heavy atom. The molecule has 0 aromatic rings. The van der Waals surface area contributed by atoms with Crippen LogP contribution in [-0.2, 0) is 9.53 Å². The van der Waals surface area contributed by atoms with Gasteiger partial charge in [-0.1, -0.05) is 6.08 Å². The van der Waals surface area contributed by atoms with Crippen LogP contribution < -0.4 is 0 Å². The van der Waals surface area contributed by atoms with Gasteiger partial charge in [0, 0.05) is 13.1 Å². The quantitative estimate of drug-likeness (QED) is 0.736. The number of piperazine rings is 1. The van der Waals surface area contributed by atoms with Crippen LogP contribution >= 0.6 is 0 Å². The molecule has 0 N–H and O–H groups in total. The van der Waals surface area contributed by atoms with Gasteiger partial charge in [-0.3, -0.25) is 9.69 Å². The highest BCUT2D eigenvalue weighted by Crippen LogP contribution is 2.16. The van der Waals surface area contributed by atoms with Crippen molar-refractivity contribution in [1.29, 1.82) is 0 Å². The van der Waals surface area contributed by atoms with Gasteiger partial charge < -0.3 is 9.64 Å². The van der Waals surface area contributed by atoms with Gasteiger partial charge in [0.2, 0.25) is 5.91 Å². The van der Waals surface area contributed by atoms with Crippen molar-refractivity contribution in [2.45, 2.75) is 45.8 Å². The van der Waals surface area contributed by atoms with E-state index in [1.54, 1.807) is 11.0 Å². The lowest BCUT2D eigenvalue weighted by Gasteiger charge is -2.39. The SMILES string of the molecule is C=CCCN1C[C@H](C)N(C(=O)OC(C)(C)C)CC1=O. The fraction of sp³-hybridized carbons (Fsp3) is 0.714. The molecule has 108 valence electrons. The summed E-state index contributed by atoms with van der Waals surface area (Å²) >= 11 is 0. The maximum Gasteiger partial charge on any atom is 0.411 e. The van der Waals surface area contributed by atoms with E-state index in [0.29, 0.717) is 13.1 Å². The van der Waals surface area contributed by atoms with Crippen LogP contribution in [0.4, 0.5) is 4.79 Å². The van der Waals surface area contributed by atoms with Crippen LogP contribution in [-0.4, -0.2) is 53.1 Å². The summed E-state index contributed by atoms with van der Waals surface area (Å²) in [7, 11) is 0. The Morgan fingerprint density at radius 2 is 2.16 bits per heavy atom. The highest BCUT2D eigenvalue weighted by Gasteiger charge is 2.34. The zero-order valence-electron chi connectivity index (χ0n) is 12.3. The molecule has 2 amide bonds. The minimum absolute atomic E-state index is 0.0302. The molecule has 1 atom stereocenters. The minimum atomic E-state index is -0.542. The molecule has 1 heterocycles. The Morgan fingerprint density at radius 1 is 1.53 bits per heavy atom. The molecule has 1 saturated heterocycles. The molecule has 5 heteroatoms. The van der Waals surface area contributed by atoms with Crippen molar-refractivity contribution >= 4 is 12.0 Å². The standard InChI is InChI=1S/C14H24N2O3/c1-6-7-8-15-9-11(2)16(10-12(15)17)13(18)19-14(3,4)5/h6,11H,1,7-10H2,2-5H3/t11-/m0/s1. The number of hydrogen-bond donors (Lipinski definition) is 0. The second-order valence-corrected chi connectivity index (χ2v) is 5.87. The molecule has 1 rings (SSSR count). The van der Waals surface area contributed by atoms with E-state index >= 15 is 0 Å². The zero-order valence-corrected chi connectivity index (χ0v) is 12.3. The number of ether oxygens (including phenoxy) is 1. The Labute approximate surface area is 115 Å². The second kappa shape index (κ2) is 6.08. The number of rotatable bonds is 3. The summed E-state index contributed by atoms with van der Waals surface area (Å²) in [5, 5.41) is 0. The normalized spacial score (nSPS) is 20.4. The molecule has 0 bridgehead atoms. The van der Waals surface area contributed by atoms with Crippen molar-refractivity contribution in [3.05, 3.63) is 12.7 Å². The molecule has 5 nitrogen and oxygen atoms in total. The average Bonchev–Trinajstić information content (AvgIpc) is 2.27. The number of hydrogen-bond acceptors (Lipinski definition) is 3. The summed E-state index contributed by atoms with van der Waals surface area (Å²) < 4.78 is 5.31. The monoisotopic (exact) mass is 268 g/mol. The van der Waals surface area contributed by atoms with Gasteiger partial charge in [0.05, 0.1) is 6.04 Å². The molecule has 19 heavy (non-hydrogen) atoms. The van der Waals surface area contributed by atoms with E-state index in [4.69, 9.17) is 4.74 Å². The molecular weight excluding hydrogens is 244 g/mol. The van der Waals surface area contributed by atoms with E-state index in [1.165, 1.54) is 4.90 Å². The molecule has 0 spiro atoms. The van der Waals surface area contributed by atoms with E-state index < -0.39 is 11.7 Å². The van der Waals surface area contributed by atoms with Crippen LogP contribution in [0.25, 0.3) is 0 Å². The van der Waals surface area contributed by atoms with Gasteiger partial charge in [0.15, 0.2) is 0 Å². The summed E-state index contributed by atoms with van der Waals surface area (Å²) in [6, 6.07) is -0.0302. The van der Waals surface area contributed by atoms with Crippen molar-refractivity contribution in [2.24, 2.45) is 0 Å². The maximum atomic E-state index is 12.0. The lowest BCUT2D eigenvalue weighted by molar-refractivity contribution is -0.137. The largest absolute Gasteiger partial charge is 0.444 e. The molecule has 0 saturated carbocycles. The van der Waals surface area contributed by atoms with Crippen LogP contribution in [0.2, 0.25) is 0 Å².